The maximum Gasteiger partial charge on any atom is 0.122 e. The standard InChI is InChI=1S/C13H19NO2/c1-11-5-2-3-6-12(11)16-10-13(15)7-4-8-14-9-13/h2-3,5-6,14-15H,4,7-10H2,1H3/t13-/m0/s1. The van der Waals surface area contributed by atoms with Crippen LogP contribution in [0.4, 0.5) is 0 Å². The van der Waals surface area contributed by atoms with E-state index >= 15 is 0 Å². The van der Waals surface area contributed by atoms with E-state index < -0.39 is 5.60 Å². The van der Waals surface area contributed by atoms with Crippen LogP contribution in [0.3, 0.4) is 0 Å². The normalized spacial score (nSPS) is 25.4. The van der Waals surface area contributed by atoms with Crippen LogP contribution in [0.15, 0.2) is 24.3 Å². The molecule has 1 atom stereocenters. The quantitative estimate of drug-likeness (QED) is 0.812. The molecule has 2 rings (SSSR count). The average Bonchev–Trinajstić information content (AvgIpc) is 2.29. The smallest absolute Gasteiger partial charge is 0.122 e. The molecule has 1 fully saturated rings. The van der Waals surface area contributed by atoms with Crippen molar-refractivity contribution in [2.24, 2.45) is 0 Å². The van der Waals surface area contributed by atoms with Crippen LogP contribution in [0, 0.1) is 6.92 Å². The molecule has 0 aliphatic carbocycles. The molecule has 16 heavy (non-hydrogen) atoms. The minimum atomic E-state index is -0.708. The fraction of sp³-hybridized carbons (Fsp3) is 0.538. The van der Waals surface area contributed by atoms with Gasteiger partial charge in [0.15, 0.2) is 0 Å². The Morgan fingerprint density at radius 2 is 2.25 bits per heavy atom. The number of aryl methyl sites for hydroxylation is 1. The summed E-state index contributed by atoms with van der Waals surface area (Å²) in [6, 6.07) is 7.89. The zero-order valence-electron chi connectivity index (χ0n) is 9.70. The van der Waals surface area contributed by atoms with Gasteiger partial charge in [-0.2, -0.15) is 0 Å². The molecule has 0 saturated carbocycles. The number of rotatable bonds is 3. The fourth-order valence-corrected chi connectivity index (χ4v) is 2.01. The molecule has 0 amide bonds. The van der Waals surface area contributed by atoms with Crippen molar-refractivity contribution in [3.8, 4) is 5.75 Å². The molecule has 1 aromatic rings. The molecule has 1 heterocycles. The van der Waals surface area contributed by atoms with E-state index in [-0.39, 0.29) is 0 Å². The van der Waals surface area contributed by atoms with E-state index in [4.69, 9.17) is 4.74 Å². The fourth-order valence-electron chi connectivity index (χ4n) is 2.01. The third kappa shape index (κ3) is 2.74. The van der Waals surface area contributed by atoms with Crippen molar-refractivity contribution in [1.29, 1.82) is 0 Å². The summed E-state index contributed by atoms with van der Waals surface area (Å²) in [7, 11) is 0. The van der Waals surface area contributed by atoms with Gasteiger partial charge in [0, 0.05) is 6.54 Å². The molecule has 1 aromatic carbocycles. The molecule has 2 N–H and O–H groups in total. The van der Waals surface area contributed by atoms with E-state index in [9.17, 15) is 5.11 Å². The summed E-state index contributed by atoms with van der Waals surface area (Å²) in [5.74, 6) is 0.862. The molecule has 0 spiro atoms. The molecule has 1 aliphatic heterocycles. The molecule has 0 bridgehead atoms. The van der Waals surface area contributed by atoms with Gasteiger partial charge >= 0.3 is 0 Å². The Morgan fingerprint density at radius 3 is 2.94 bits per heavy atom. The van der Waals surface area contributed by atoms with Gasteiger partial charge in [-0.1, -0.05) is 18.2 Å². The van der Waals surface area contributed by atoms with Crippen LogP contribution in [-0.4, -0.2) is 30.4 Å². The number of hydrogen-bond acceptors (Lipinski definition) is 3. The predicted molar refractivity (Wildman–Crippen MR) is 63.7 cm³/mol. The van der Waals surface area contributed by atoms with Crippen LogP contribution in [0.5, 0.6) is 5.75 Å². The lowest BCUT2D eigenvalue weighted by Crippen LogP contribution is -2.49. The SMILES string of the molecule is Cc1ccccc1OC[C@]1(O)CCCNC1. The van der Waals surface area contributed by atoms with Gasteiger partial charge in [-0.15, -0.1) is 0 Å². The van der Waals surface area contributed by atoms with Gasteiger partial charge in [0.05, 0.1) is 0 Å². The number of β-amino-alcohol motifs (C(OH)–C–C–N with tert-alkyl or cyclic N) is 1. The Bertz CT molecular complexity index is 346. The van der Waals surface area contributed by atoms with E-state index in [2.05, 4.69) is 5.32 Å². The predicted octanol–water partition coefficient (Wildman–Crippen LogP) is 1.49. The Labute approximate surface area is 96.4 Å². The number of ether oxygens (including phenoxy) is 1. The topological polar surface area (TPSA) is 41.5 Å². The zero-order valence-corrected chi connectivity index (χ0v) is 9.70. The second-order valence-corrected chi connectivity index (χ2v) is 4.56. The van der Waals surface area contributed by atoms with E-state index in [1.54, 1.807) is 0 Å². The van der Waals surface area contributed by atoms with E-state index in [0.29, 0.717) is 13.2 Å². The molecular formula is C13H19NO2. The van der Waals surface area contributed by atoms with Gasteiger partial charge in [-0.3, -0.25) is 0 Å². The van der Waals surface area contributed by atoms with Crippen LogP contribution < -0.4 is 10.1 Å². The Kier molecular flexibility index (Phi) is 3.46. The summed E-state index contributed by atoms with van der Waals surface area (Å²) in [5, 5.41) is 13.4. The Morgan fingerprint density at radius 1 is 1.44 bits per heavy atom. The van der Waals surface area contributed by atoms with Crippen molar-refractivity contribution in [2.45, 2.75) is 25.4 Å². The van der Waals surface area contributed by atoms with Crippen LogP contribution >= 0.6 is 0 Å². The summed E-state index contributed by atoms with van der Waals surface area (Å²) in [5.41, 5.74) is 0.399. The van der Waals surface area contributed by atoms with Crippen molar-refractivity contribution in [1.82, 2.24) is 5.32 Å². The van der Waals surface area contributed by atoms with Crippen LogP contribution in [0.1, 0.15) is 18.4 Å². The first-order valence-corrected chi connectivity index (χ1v) is 5.81. The van der Waals surface area contributed by atoms with Gasteiger partial charge in [-0.05, 0) is 37.9 Å². The van der Waals surface area contributed by atoms with Gasteiger partial charge < -0.3 is 15.2 Å². The third-order valence-corrected chi connectivity index (χ3v) is 3.04. The number of piperidine rings is 1. The molecule has 0 radical (unpaired) electrons. The molecular weight excluding hydrogens is 202 g/mol. The van der Waals surface area contributed by atoms with Gasteiger partial charge in [0.1, 0.15) is 18.0 Å². The highest BCUT2D eigenvalue weighted by Crippen LogP contribution is 2.21. The lowest BCUT2D eigenvalue weighted by Gasteiger charge is -2.32. The number of para-hydroxylation sites is 1. The minimum Gasteiger partial charge on any atom is -0.490 e. The van der Waals surface area contributed by atoms with E-state index in [0.717, 1.165) is 30.7 Å². The van der Waals surface area contributed by atoms with E-state index in [1.807, 2.05) is 31.2 Å². The number of benzene rings is 1. The van der Waals surface area contributed by atoms with Crippen molar-refractivity contribution < 1.29 is 9.84 Å². The van der Waals surface area contributed by atoms with Crippen LogP contribution in [-0.2, 0) is 0 Å². The zero-order chi connectivity index (χ0) is 11.4. The summed E-state index contributed by atoms with van der Waals surface area (Å²) in [6.07, 6.45) is 1.82. The molecule has 3 nitrogen and oxygen atoms in total. The Hall–Kier alpha value is -1.06. The highest BCUT2D eigenvalue weighted by atomic mass is 16.5. The summed E-state index contributed by atoms with van der Waals surface area (Å²) >= 11 is 0. The number of nitrogens with one attached hydrogen (secondary N) is 1. The monoisotopic (exact) mass is 221 g/mol. The lowest BCUT2D eigenvalue weighted by atomic mass is 9.95. The Balaban J connectivity index is 1.94. The average molecular weight is 221 g/mol. The maximum atomic E-state index is 10.2. The second kappa shape index (κ2) is 4.85. The molecule has 0 aromatic heterocycles. The first-order valence-electron chi connectivity index (χ1n) is 5.81. The van der Waals surface area contributed by atoms with Gasteiger partial charge in [0.25, 0.3) is 0 Å². The van der Waals surface area contributed by atoms with Crippen molar-refractivity contribution >= 4 is 0 Å². The molecule has 3 heteroatoms. The molecule has 88 valence electrons. The maximum absolute atomic E-state index is 10.2. The minimum absolute atomic E-state index is 0.366. The highest BCUT2D eigenvalue weighted by molar-refractivity contribution is 5.31. The van der Waals surface area contributed by atoms with Crippen LogP contribution in [0.2, 0.25) is 0 Å². The molecule has 0 unspecified atom stereocenters. The summed E-state index contributed by atoms with van der Waals surface area (Å²) in [6.45, 7) is 3.99. The lowest BCUT2D eigenvalue weighted by molar-refractivity contribution is -0.0231. The summed E-state index contributed by atoms with van der Waals surface area (Å²) < 4.78 is 5.69. The molecule has 1 saturated heterocycles. The third-order valence-electron chi connectivity index (χ3n) is 3.04. The van der Waals surface area contributed by atoms with E-state index in [1.165, 1.54) is 0 Å². The molecule has 1 aliphatic rings. The van der Waals surface area contributed by atoms with Gasteiger partial charge in [0.2, 0.25) is 0 Å². The van der Waals surface area contributed by atoms with Crippen LogP contribution in [0.25, 0.3) is 0 Å². The largest absolute Gasteiger partial charge is 0.490 e. The van der Waals surface area contributed by atoms with Crippen molar-refractivity contribution in [3.63, 3.8) is 0 Å². The number of hydrogen-bond donors (Lipinski definition) is 2. The number of aliphatic hydroxyl groups is 1. The second-order valence-electron chi connectivity index (χ2n) is 4.56. The first-order chi connectivity index (χ1) is 7.70. The van der Waals surface area contributed by atoms with Gasteiger partial charge in [-0.25, -0.2) is 0 Å². The summed E-state index contributed by atoms with van der Waals surface area (Å²) in [4.78, 5) is 0. The first kappa shape index (κ1) is 11.4. The van der Waals surface area contributed by atoms with Crippen molar-refractivity contribution in [3.05, 3.63) is 29.8 Å². The highest BCUT2D eigenvalue weighted by Gasteiger charge is 2.30. The van der Waals surface area contributed by atoms with Crippen molar-refractivity contribution in [2.75, 3.05) is 19.7 Å².